The van der Waals surface area contributed by atoms with Gasteiger partial charge in [0.1, 0.15) is 0 Å². The Morgan fingerprint density at radius 2 is 2.27 bits per heavy atom. The molecule has 0 aromatic heterocycles. The molecule has 0 radical (unpaired) electrons. The average molecular weight is 208 g/mol. The van der Waals surface area contributed by atoms with E-state index < -0.39 is 5.97 Å². The molecule has 84 valence electrons. The van der Waals surface area contributed by atoms with E-state index in [1.54, 1.807) is 0 Å². The molecule has 0 saturated heterocycles. The van der Waals surface area contributed by atoms with Crippen molar-refractivity contribution in [3.63, 3.8) is 0 Å². The van der Waals surface area contributed by atoms with E-state index in [4.69, 9.17) is 5.11 Å². The Bertz CT molecular complexity index is 282. The Morgan fingerprint density at radius 3 is 2.80 bits per heavy atom. The fourth-order valence-corrected chi connectivity index (χ4v) is 3.29. The lowest BCUT2D eigenvalue weighted by atomic mass is 9.74. The molecule has 2 nitrogen and oxygen atoms in total. The first-order chi connectivity index (χ1) is 7.10. The second-order valence-corrected chi connectivity index (χ2v) is 5.45. The lowest BCUT2D eigenvalue weighted by molar-refractivity contribution is -0.137. The van der Waals surface area contributed by atoms with Crippen LogP contribution in [-0.2, 0) is 4.79 Å². The Hall–Kier alpha value is -0.790. The molecule has 1 fully saturated rings. The summed E-state index contributed by atoms with van der Waals surface area (Å²) in [6.45, 7) is 2.38. The summed E-state index contributed by atoms with van der Waals surface area (Å²) in [5, 5.41) is 8.56. The number of carboxylic acids is 1. The quantitative estimate of drug-likeness (QED) is 0.556. The summed E-state index contributed by atoms with van der Waals surface area (Å²) in [6.07, 6.45) is 10.9. The van der Waals surface area contributed by atoms with Crippen LogP contribution in [0.15, 0.2) is 12.2 Å². The van der Waals surface area contributed by atoms with Crippen molar-refractivity contribution in [1.82, 2.24) is 0 Å². The van der Waals surface area contributed by atoms with Crippen LogP contribution in [0, 0.1) is 17.3 Å². The fraction of sp³-hybridized carbons (Fsp3) is 0.769. The molecular formula is C13H20O2. The predicted molar refractivity (Wildman–Crippen MR) is 59.6 cm³/mol. The van der Waals surface area contributed by atoms with Gasteiger partial charge in [0.25, 0.3) is 0 Å². The maximum absolute atomic E-state index is 10.4. The van der Waals surface area contributed by atoms with Crippen molar-refractivity contribution >= 4 is 5.97 Å². The number of rotatable bonds is 5. The van der Waals surface area contributed by atoms with Crippen LogP contribution >= 0.6 is 0 Å². The van der Waals surface area contributed by atoms with E-state index in [9.17, 15) is 4.79 Å². The summed E-state index contributed by atoms with van der Waals surface area (Å²) in [5.41, 5.74) is 0.470. The minimum absolute atomic E-state index is 0.333. The van der Waals surface area contributed by atoms with Crippen LogP contribution in [0.1, 0.15) is 45.4 Å². The molecule has 0 aliphatic heterocycles. The van der Waals surface area contributed by atoms with Crippen LogP contribution in [0.3, 0.4) is 0 Å². The summed E-state index contributed by atoms with van der Waals surface area (Å²) in [4.78, 5) is 10.4. The Kier molecular flexibility index (Phi) is 2.85. The summed E-state index contributed by atoms with van der Waals surface area (Å²) in [5.74, 6) is 0.930. The fourth-order valence-electron chi connectivity index (χ4n) is 3.29. The van der Waals surface area contributed by atoms with E-state index in [0.717, 1.165) is 24.7 Å². The van der Waals surface area contributed by atoms with Crippen molar-refractivity contribution in [1.29, 1.82) is 0 Å². The highest BCUT2D eigenvalue weighted by atomic mass is 16.4. The number of carbonyl (C=O) groups is 1. The number of hydrogen-bond donors (Lipinski definition) is 1. The summed E-state index contributed by atoms with van der Waals surface area (Å²) >= 11 is 0. The third-order valence-corrected chi connectivity index (χ3v) is 4.18. The highest BCUT2D eigenvalue weighted by Crippen LogP contribution is 2.54. The van der Waals surface area contributed by atoms with Gasteiger partial charge in [0.05, 0.1) is 0 Å². The summed E-state index contributed by atoms with van der Waals surface area (Å²) < 4.78 is 0. The van der Waals surface area contributed by atoms with Crippen molar-refractivity contribution in [2.45, 2.75) is 45.4 Å². The zero-order chi connectivity index (χ0) is 10.9. The van der Waals surface area contributed by atoms with Crippen molar-refractivity contribution in [2.75, 3.05) is 0 Å². The van der Waals surface area contributed by atoms with Gasteiger partial charge in [-0.05, 0) is 42.9 Å². The van der Waals surface area contributed by atoms with Gasteiger partial charge in [-0.3, -0.25) is 4.79 Å². The predicted octanol–water partition coefficient (Wildman–Crippen LogP) is 3.23. The van der Waals surface area contributed by atoms with Gasteiger partial charge in [0, 0.05) is 6.42 Å². The highest BCUT2D eigenvalue weighted by molar-refractivity contribution is 5.66. The SMILES string of the molecule is CC1(CCCCC(=O)O)CC2C=CC1C2. The van der Waals surface area contributed by atoms with Crippen LogP contribution in [0.4, 0.5) is 0 Å². The van der Waals surface area contributed by atoms with E-state index in [0.29, 0.717) is 11.8 Å². The zero-order valence-electron chi connectivity index (χ0n) is 9.41. The molecule has 3 atom stereocenters. The number of aliphatic carboxylic acids is 1. The first kappa shape index (κ1) is 10.7. The number of carboxylic acid groups (broad SMARTS) is 1. The van der Waals surface area contributed by atoms with Crippen LogP contribution in [0.2, 0.25) is 0 Å². The highest BCUT2D eigenvalue weighted by Gasteiger charge is 2.44. The Balaban J connectivity index is 1.75. The molecule has 0 heterocycles. The maximum Gasteiger partial charge on any atom is 0.303 e. The third-order valence-electron chi connectivity index (χ3n) is 4.18. The second kappa shape index (κ2) is 3.99. The third kappa shape index (κ3) is 2.24. The number of fused-ring (bicyclic) bond motifs is 2. The molecule has 2 rings (SSSR count). The molecule has 2 aliphatic carbocycles. The lowest BCUT2D eigenvalue weighted by Gasteiger charge is -2.31. The summed E-state index contributed by atoms with van der Waals surface area (Å²) in [7, 11) is 0. The summed E-state index contributed by atoms with van der Waals surface area (Å²) in [6, 6.07) is 0. The van der Waals surface area contributed by atoms with E-state index >= 15 is 0 Å². The molecule has 2 aliphatic rings. The maximum atomic E-state index is 10.4. The zero-order valence-corrected chi connectivity index (χ0v) is 9.41. The molecule has 0 aromatic rings. The van der Waals surface area contributed by atoms with E-state index in [1.165, 1.54) is 19.3 Å². The van der Waals surface area contributed by atoms with Crippen LogP contribution in [-0.4, -0.2) is 11.1 Å². The topological polar surface area (TPSA) is 37.3 Å². The van der Waals surface area contributed by atoms with Gasteiger partial charge < -0.3 is 5.11 Å². The number of unbranched alkanes of at least 4 members (excludes halogenated alkanes) is 1. The van der Waals surface area contributed by atoms with Gasteiger partial charge in [-0.2, -0.15) is 0 Å². The van der Waals surface area contributed by atoms with E-state index in [1.807, 2.05) is 0 Å². The van der Waals surface area contributed by atoms with Crippen LogP contribution < -0.4 is 0 Å². The number of hydrogen-bond acceptors (Lipinski definition) is 1. The normalized spacial score (nSPS) is 37.4. The molecular weight excluding hydrogens is 188 g/mol. The van der Waals surface area contributed by atoms with E-state index in [-0.39, 0.29) is 0 Å². The average Bonchev–Trinajstić information content (AvgIpc) is 2.72. The van der Waals surface area contributed by atoms with Gasteiger partial charge >= 0.3 is 5.97 Å². The van der Waals surface area contributed by atoms with Crippen molar-refractivity contribution in [3.8, 4) is 0 Å². The van der Waals surface area contributed by atoms with Crippen molar-refractivity contribution in [3.05, 3.63) is 12.2 Å². The molecule has 2 heteroatoms. The first-order valence-corrected chi connectivity index (χ1v) is 6.00. The monoisotopic (exact) mass is 208 g/mol. The minimum atomic E-state index is -0.659. The van der Waals surface area contributed by atoms with Gasteiger partial charge in [-0.15, -0.1) is 0 Å². The second-order valence-electron chi connectivity index (χ2n) is 5.45. The van der Waals surface area contributed by atoms with Crippen molar-refractivity contribution < 1.29 is 9.90 Å². The molecule has 0 spiro atoms. The van der Waals surface area contributed by atoms with E-state index in [2.05, 4.69) is 19.1 Å². The van der Waals surface area contributed by atoms with Gasteiger partial charge in [-0.25, -0.2) is 0 Å². The first-order valence-electron chi connectivity index (χ1n) is 6.00. The Morgan fingerprint density at radius 1 is 1.47 bits per heavy atom. The van der Waals surface area contributed by atoms with Crippen LogP contribution in [0.5, 0.6) is 0 Å². The molecule has 2 bridgehead atoms. The van der Waals surface area contributed by atoms with Crippen molar-refractivity contribution in [2.24, 2.45) is 17.3 Å². The Labute approximate surface area is 91.4 Å². The largest absolute Gasteiger partial charge is 0.481 e. The molecule has 0 amide bonds. The smallest absolute Gasteiger partial charge is 0.303 e. The number of allylic oxidation sites excluding steroid dienone is 2. The molecule has 0 aromatic carbocycles. The molecule has 1 N–H and O–H groups in total. The minimum Gasteiger partial charge on any atom is -0.481 e. The standard InChI is InChI=1S/C13H20O2/c1-13(7-3-2-4-12(14)15)9-10-5-6-11(13)8-10/h5-6,10-11H,2-4,7-9H2,1H3,(H,14,15). The van der Waals surface area contributed by atoms with Gasteiger partial charge in [-0.1, -0.05) is 25.5 Å². The van der Waals surface area contributed by atoms with Gasteiger partial charge in [0.15, 0.2) is 0 Å². The molecule has 15 heavy (non-hydrogen) atoms. The van der Waals surface area contributed by atoms with Crippen LogP contribution in [0.25, 0.3) is 0 Å². The molecule has 1 saturated carbocycles. The lowest BCUT2D eigenvalue weighted by Crippen LogP contribution is -2.21. The molecule has 3 unspecified atom stereocenters. The van der Waals surface area contributed by atoms with Gasteiger partial charge in [0.2, 0.25) is 0 Å².